The molecule has 1 fully saturated rings. The van der Waals surface area contributed by atoms with E-state index in [0.717, 1.165) is 31.6 Å². The van der Waals surface area contributed by atoms with E-state index >= 15 is 0 Å². The lowest BCUT2D eigenvalue weighted by atomic mass is 9.87. The first-order chi connectivity index (χ1) is 11.0. The maximum atomic E-state index is 12.8. The second-order valence-electron chi connectivity index (χ2n) is 6.07. The van der Waals surface area contributed by atoms with Crippen LogP contribution < -0.4 is 10.6 Å². The van der Waals surface area contributed by atoms with Gasteiger partial charge in [-0.25, -0.2) is 4.39 Å². The highest BCUT2D eigenvalue weighted by atomic mass is 32.2. The molecule has 6 heteroatoms. The molecular formula is C17H23FN2O2S. The van der Waals surface area contributed by atoms with Crippen molar-refractivity contribution < 1.29 is 14.0 Å². The van der Waals surface area contributed by atoms with Crippen molar-refractivity contribution >= 4 is 29.3 Å². The molecule has 0 spiro atoms. The summed E-state index contributed by atoms with van der Waals surface area (Å²) >= 11 is 1.28. The van der Waals surface area contributed by atoms with Crippen molar-refractivity contribution in [3.63, 3.8) is 0 Å². The Morgan fingerprint density at radius 1 is 1.09 bits per heavy atom. The van der Waals surface area contributed by atoms with Crippen LogP contribution in [-0.4, -0.2) is 29.4 Å². The van der Waals surface area contributed by atoms with Crippen molar-refractivity contribution in [2.75, 3.05) is 16.8 Å². The molecule has 0 unspecified atom stereocenters. The monoisotopic (exact) mass is 338 g/mol. The Morgan fingerprint density at radius 2 is 1.70 bits per heavy atom. The van der Waals surface area contributed by atoms with Gasteiger partial charge >= 0.3 is 0 Å². The largest absolute Gasteiger partial charge is 0.353 e. The number of hydrogen-bond acceptors (Lipinski definition) is 3. The molecule has 4 nitrogen and oxygen atoms in total. The van der Waals surface area contributed by atoms with E-state index in [1.54, 1.807) is 0 Å². The normalized spacial score (nSPS) is 20.8. The van der Waals surface area contributed by atoms with Crippen molar-refractivity contribution in [1.29, 1.82) is 0 Å². The van der Waals surface area contributed by atoms with Crippen LogP contribution >= 0.6 is 11.8 Å². The summed E-state index contributed by atoms with van der Waals surface area (Å²) in [7, 11) is 0. The first kappa shape index (κ1) is 17.8. The Balaban J connectivity index is 1.61. The summed E-state index contributed by atoms with van der Waals surface area (Å²) in [6.45, 7) is 2.24. The van der Waals surface area contributed by atoms with Gasteiger partial charge < -0.3 is 10.6 Å². The summed E-state index contributed by atoms with van der Waals surface area (Å²) in [5, 5.41) is 5.71. The summed E-state index contributed by atoms with van der Waals surface area (Å²) in [5.74, 6) is 0.693. The quantitative estimate of drug-likeness (QED) is 0.837. The number of benzene rings is 1. The zero-order valence-corrected chi connectivity index (χ0v) is 14.1. The molecule has 126 valence electrons. The smallest absolute Gasteiger partial charge is 0.234 e. The molecule has 0 radical (unpaired) electrons. The first-order valence-corrected chi connectivity index (χ1v) is 9.11. The van der Waals surface area contributed by atoms with Gasteiger partial charge in [0.1, 0.15) is 5.82 Å². The molecule has 2 N–H and O–H groups in total. The Kier molecular flexibility index (Phi) is 6.89. The van der Waals surface area contributed by atoms with Crippen LogP contribution in [-0.2, 0) is 9.59 Å². The fraction of sp³-hybridized carbons (Fsp3) is 0.529. The van der Waals surface area contributed by atoms with E-state index in [9.17, 15) is 14.0 Å². The van der Waals surface area contributed by atoms with Crippen LogP contribution in [0.4, 0.5) is 10.1 Å². The predicted molar refractivity (Wildman–Crippen MR) is 91.9 cm³/mol. The summed E-state index contributed by atoms with van der Waals surface area (Å²) in [6, 6.07) is 5.89. The topological polar surface area (TPSA) is 58.2 Å². The summed E-state index contributed by atoms with van der Waals surface area (Å²) in [4.78, 5) is 23.6. The van der Waals surface area contributed by atoms with Gasteiger partial charge in [-0.3, -0.25) is 9.59 Å². The molecule has 0 saturated heterocycles. The SMILES string of the molecule is CC1CCC(NC(=O)CSCC(=O)Nc2ccc(F)cc2)CC1. The molecule has 1 aromatic rings. The molecule has 1 saturated carbocycles. The number of carbonyl (C=O) groups excluding carboxylic acids is 2. The van der Waals surface area contributed by atoms with Crippen LogP contribution in [0.3, 0.4) is 0 Å². The highest BCUT2D eigenvalue weighted by Gasteiger charge is 2.19. The second kappa shape index (κ2) is 8.91. The molecule has 0 heterocycles. The van der Waals surface area contributed by atoms with Crippen molar-refractivity contribution in [2.45, 2.75) is 38.6 Å². The van der Waals surface area contributed by atoms with Gasteiger partial charge in [0.05, 0.1) is 11.5 Å². The number of nitrogens with one attached hydrogen (secondary N) is 2. The highest BCUT2D eigenvalue weighted by Crippen LogP contribution is 2.23. The Morgan fingerprint density at radius 3 is 2.35 bits per heavy atom. The third-order valence-electron chi connectivity index (χ3n) is 3.98. The summed E-state index contributed by atoms with van der Waals surface area (Å²) in [6.07, 6.45) is 4.42. The van der Waals surface area contributed by atoms with Crippen molar-refractivity contribution in [3.05, 3.63) is 30.1 Å². The lowest BCUT2D eigenvalue weighted by Gasteiger charge is -2.26. The van der Waals surface area contributed by atoms with E-state index < -0.39 is 0 Å². The van der Waals surface area contributed by atoms with Gasteiger partial charge in [0.2, 0.25) is 11.8 Å². The van der Waals surface area contributed by atoms with E-state index in [0.29, 0.717) is 5.69 Å². The number of thioether (sulfide) groups is 1. The number of rotatable bonds is 6. The number of carbonyl (C=O) groups is 2. The fourth-order valence-electron chi connectivity index (χ4n) is 2.64. The number of hydrogen-bond donors (Lipinski definition) is 2. The van der Waals surface area contributed by atoms with Crippen LogP contribution in [0.2, 0.25) is 0 Å². The van der Waals surface area contributed by atoms with Gasteiger partial charge in [0, 0.05) is 11.7 Å². The lowest BCUT2D eigenvalue weighted by molar-refractivity contribution is -0.119. The minimum Gasteiger partial charge on any atom is -0.353 e. The Bertz CT molecular complexity index is 528. The first-order valence-electron chi connectivity index (χ1n) is 7.95. The van der Waals surface area contributed by atoms with Gasteiger partial charge in [-0.1, -0.05) is 6.92 Å². The minimum absolute atomic E-state index is 0.0101. The summed E-state index contributed by atoms with van der Waals surface area (Å²) in [5.41, 5.74) is 0.553. The third-order valence-corrected chi connectivity index (χ3v) is 4.91. The summed E-state index contributed by atoms with van der Waals surface area (Å²) < 4.78 is 12.8. The average Bonchev–Trinajstić information content (AvgIpc) is 2.52. The van der Waals surface area contributed by atoms with Gasteiger partial charge in [-0.2, -0.15) is 0 Å². The second-order valence-corrected chi connectivity index (χ2v) is 7.06. The zero-order valence-electron chi connectivity index (χ0n) is 13.3. The molecule has 1 aliphatic rings. The molecule has 1 aromatic carbocycles. The van der Waals surface area contributed by atoms with Crippen LogP contribution in [0.25, 0.3) is 0 Å². The van der Waals surface area contributed by atoms with E-state index in [1.165, 1.54) is 36.0 Å². The van der Waals surface area contributed by atoms with Crippen LogP contribution in [0.1, 0.15) is 32.6 Å². The average molecular weight is 338 g/mol. The number of amides is 2. The molecular weight excluding hydrogens is 315 g/mol. The van der Waals surface area contributed by atoms with E-state index in [4.69, 9.17) is 0 Å². The van der Waals surface area contributed by atoms with Crippen LogP contribution in [0.15, 0.2) is 24.3 Å². The lowest BCUT2D eigenvalue weighted by Crippen LogP contribution is -2.38. The molecule has 0 aromatic heterocycles. The van der Waals surface area contributed by atoms with Crippen molar-refractivity contribution in [2.24, 2.45) is 5.92 Å². The van der Waals surface area contributed by atoms with Crippen LogP contribution in [0, 0.1) is 11.7 Å². The molecule has 0 atom stereocenters. The van der Waals surface area contributed by atoms with Gasteiger partial charge in [0.25, 0.3) is 0 Å². The van der Waals surface area contributed by atoms with Crippen molar-refractivity contribution in [3.8, 4) is 0 Å². The Hall–Kier alpha value is -1.56. The molecule has 23 heavy (non-hydrogen) atoms. The maximum Gasteiger partial charge on any atom is 0.234 e. The molecule has 1 aliphatic carbocycles. The molecule has 2 amide bonds. The minimum atomic E-state index is -0.342. The molecule has 2 rings (SSSR count). The van der Waals surface area contributed by atoms with Crippen molar-refractivity contribution in [1.82, 2.24) is 5.32 Å². The molecule has 0 bridgehead atoms. The van der Waals surface area contributed by atoms with Gasteiger partial charge in [0.15, 0.2) is 0 Å². The maximum absolute atomic E-state index is 12.8. The number of halogens is 1. The van der Waals surface area contributed by atoms with Gasteiger partial charge in [-0.15, -0.1) is 11.8 Å². The van der Waals surface area contributed by atoms with Crippen LogP contribution in [0.5, 0.6) is 0 Å². The highest BCUT2D eigenvalue weighted by molar-refractivity contribution is 8.00. The molecule has 0 aliphatic heterocycles. The number of anilines is 1. The van der Waals surface area contributed by atoms with E-state index in [1.807, 2.05) is 0 Å². The van der Waals surface area contributed by atoms with E-state index in [2.05, 4.69) is 17.6 Å². The Labute approximate surface area is 140 Å². The zero-order chi connectivity index (χ0) is 16.7. The standard InChI is InChI=1S/C17H23FN2O2S/c1-12-2-6-14(7-3-12)19-16(21)10-23-11-17(22)20-15-8-4-13(18)5-9-15/h4-5,8-9,12,14H,2-3,6-7,10-11H2,1H3,(H,19,21)(H,20,22). The third kappa shape index (κ3) is 6.60. The van der Waals surface area contributed by atoms with E-state index in [-0.39, 0.29) is 35.2 Å². The van der Waals surface area contributed by atoms with Gasteiger partial charge in [-0.05, 0) is 55.9 Å². The predicted octanol–water partition coefficient (Wildman–Crippen LogP) is 3.19. The fourth-order valence-corrected chi connectivity index (χ4v) is 3.27.